The molecule has 1 amide bonds. The van der Waals surface area contributed by atoms with Gasteiger partial charge in [0, 0.05) is 0 Å². The van der Waals surface area contributed by atoms with Crippen molar-refractivity contribution in [2.45, 2.75) is 6.42 Å². The van der Waals surface area contributed by atoms with Gasteiger partial charge in [0.15, 0.2) is 0 Å². The van der Waals surface area contributed by atoms with Crippen molar-refractivity contribution in [3.8, 4) is 5.75 Å². The Labute approximate surface area is 200 Å². The molecular formula is C26H23CdN3O2. The van der Waals surface area contributed by atoms with Gasteiger partial charge in [-0.25, -0.2) is 0 Å². The van der Waals surface area contributed by atoms with Gasteiger partial charge in [0.25, 0.3) is 0 Å². The maximum absolute atomic E-state index is 13.3. The van der Waals surface area contributed by atoms with E-state index in [1.54, 1.807) is 7.11 Å². The SMILES string of the molecule is COc1cc[c]([Cd][C]2=C3N=C(Cc4ccccc4)C(=O)N3CN(c3ccccc3)C2)cc1. The third-order valence-corrected chi connectivity index (χ3v) is 11.2. The number of hydrogen-bond acceptors (Lipinski definition) is 4. The van der Waals surface area contributed by atoms with E-state index in [9.17, 15) is 4.79 Å². The quantitative estimate of drug-likeness (QED) is 0.466. The van der Waals surface area contributed by atoms with E-state index < -0.39 is 24.2 Å². The molecule has 0 saturated heterocycles. The van der Waals surface area contributed by atoms with Gasteiger partial charge in [0.1, 0.15) is 0 Å². The van der Waals surface area contributed by atoms with Gasteiger partial charge in [-0.05, 0) is 0 Å². The summed E-state index contributed by atoms with van der Waals surface area (Å²) in [4.78, 5) is 22.4. The summed E-state index contributed by atoms with van der Waals surface area (Å²) in [6, 6.07) is 28.8. The topological polar surface area (TPSA) is 45.1 Å². The van der Waals surface area contributed by atoms with Crippen LogP contribution in [0.3, 0.4) is 0 Å². The first-order valence-electron chi connectivity index (χ1n) is 10.8. The second-order valence-electron chi connectivity index (χ2n) is 8.08. The summed E-state index contributed by atoms with van der Waals surface area (Å²) in [5, 5.41) is 0. The molecule has 3 aromatic rings. The fourth-order valence-electron chi connectivity index (χ4n) is 4.25. The Morgan fingerprint density at radius 1 is 0.938 bits per heavy atom. The van der Waals surface area contributed by atoms with Gasteiger partial charge in [0.05, 0.1) is 0 Å². The molecule has 5 rings (SSSR count). The normalized spacial score (nSPS) is 15.4. The van der Waals surface area contributed by atoms with Crippen molar-refractivity contribution < 1.29 is 33.8 Å². The number of rotatable bonds is 6. The Hall–Kier alpha value is -2.94. The number of fused-ring (bicyclic) bond motifs is 1. The summed E-state index contributed by atoms with van der Waals surface area (Å²) in [7, 11) is 1.69. The Bertz CT molecular complexity index is 1170. The zero-order valence-electron chi connectivity index (χ0n) is 18.1. The van der Waals surface area contributed by atoms with Crippen LogP contribution in [0, 0.1) is 0 Å². The van der Waals surface area contributed by atoms with E-state index in [1.165, 1.54) is 6.26 Å². The molecule has 0 unspecified atom stereocenters. The molecule has 0 saturated carbocycles. The summed E-state index contributed by atoms with van der Waals surface area (Å²) < 4.78 is 8.05. The van der Waals surface area contributed by atoms with Gasteiger partial charge in [-0.3, -0.25) is 0 Å². The predicted molar refractivity (Wildman–Crippen MR) is 123 cm³/mol. The first-order chi connectivity index (χ1) is 15.7. The van der Waals surface area contributed by atoms with E-state index in [1.807, 2.05) is 53.4 Å². The third-order valence-electron chi connectivity index (χ3n) is 5.91. The Balaban J connectivity index is 1.48. The van der Waals surface area contributed by atoms with E-state index in [0.29, 0.717) is 18.8 Å². The molecule has 156 valence electrons. The van der Waals surface area contributed by atoms with Gasteiger partial charge in [0.2, 0.25) is 0 Å². The molecule has 0 atom stereocenters. The molecule has 3 aromatic carbocycles. The molecule has 0 N–H and O–H groups in total. The summed E-state index contributed by atoms with van der Waals surface area (Å²) in [6.45, 7) is 1.37. The number of amides is 1. The van der Waals surface area contributed by atoms with E-state index in [2.05, 4.69) is 41.3 Å². The molecule has 2 heterocycles. The molecule has 0 bridgehead atoms. The molecule has 2 aliphatic heterocycles. The summed E-state index contributed by atoms with van der Waals surface area (Å²) in [6.07, 6.45) is 0.566. The van der Waals surface area contributed by atoms with Gasteiger partial charge in [-0.15, -0.1) is 0 Å². The number of hydrogen-bond donors (Lipinski definition) is 0. The number of anilines is 1. The van der Waals surface area contributed by atoms with Crippen LogP contribution in [0.1, 0.15) is 5.56 Å². The number of methoxy groups -OCH3 is 1. The first-order valence-corrected chi connectivity index (χ1v) is 14.8. The van der Waals surface area contributed by atoms with Gasteiger partial charge in [-0.1, -0.05) is 0 Å². The Morgan fingerprint density at radius 2 is 1.62 bits per heavy atom. The van der Waals surface area contributed by atoms with Crippen LogP contribution in [-0.2, 0) is 35.5 Å². The molecule has 6 heteroatoms. The van der Waals surface area contributed by atoms with E-state index in [4.69, 9.17) is 9.73 Å². The molecule has 0 aliphatic carbocycles. The van der Waals surface area contributed by atoms with Crippen molar-refractivity contribution in [3.05, 3.63) is 99.4 Å². The summed E-state index contributed by atoms with van der Waals surface area (Å²) in [5.74, 6) is 1.80. The first kappa shape index (κ1) is 20.9. The Kier molecular flexibility index (Phi) is 6.07. The van der Waals surface area contributed by atoms with Crippen molar-refractivity contribution >= 4 is 20.4 Å². The van der Waals surface area contributed by atoms with Crippen LogP contribution in [0.5, 0.6) is 5.75 Å². The fraction of sp³-hybridized carbons (Fsp3) is 0.154. The van der Waals surface area contributed by atoms with E-state index in [-0.39, 0.29) is 5.91 Å². The van der Waals surface area contributed by atoms with Crippen molar-refractivity contribution in [2.75, 3.05) is 25.2 Å². The summed E-state index contributed by atoms with van der Waals surface area (Å²) >= 11 is -1.59. The van der Waals surface area contributed by atoms with Crippen LogP contribution < -0.4 is 12.8 Å². The number of carbonyl (C=O) groups is 1. The minimum atomic E-state index is -1.59. The van der Waals surface area contributed by atoms with Crippen molar-refractivity contribution in [2.24, 2.45) is 4.99 Å². The zero-order chi connectivity index (χ0) is 21.9. The summed E-state index contributed by atoms with van der Waals surface area (Å²) in [5.41, 5.74) is 2.88. The Morgan fingerprint density at radius 3 is 2.31 bits per heavy atom. The molecule has 0 fully saturated rings. The molecular weight excluding hydrogens is 499 g/mol. The van der Waals surface area contributed by atoms with Crippen LogP contribution >= 0.6 is 0 Å². The number of carbonyl (C=O) groups excluding carboxylic acids is 1. The molecule has 0 aromatic heterocycles. The van der Waals surface area contributed by atoms with Crippen molar-refractivity contribution in [1.82, 2.24) is 4.90 Å². The average Bonchev–Trinajstić information content (AvgIpc) is 3.16. The zero-order valence-corrected chi connectivity index (χ0v) is 22.1. The number of para-hydroxylation sites is 1. The van der Waals surface area contributed by atoms with E-state index >= 15 is 0 Å². The van der Waals surface area contributed by atoms with Gasteiger partial charge >= 0.3 is 201 Å². The molecule has 5 nitrogen and oxygen atoms in total. The van der Waals surface area contributed by atoms with Crippen LogP contribution in [0.4, 0.5) is 5.69 Å². The van der Waals surface area contributed by atoms with Gasteiger partial charge < -0.3 is 0 Å². The van der Waals surface area contributed by atoms with Crippen molar-refractivity contribution in [3.63, 3.8) is 0 Å². The molecule has 2 aliphatic rings. The number of aliphatic imine (C=N–C) groups is 1. The van der Waals surface area contributed by atoms with Crippen LogP contribution in [0.25, 0.3) is 0 Å². The average molecular weight is 522 g/mol. The molecule has 0 radical (unpaired) electrons. The maximum atomic E-state index is 13.3. The van der Waals surface area contributed by atoms with Gasteiger partial charge in [-0.2, -0.15) is 0 Å². The van der Waals surface area contributed by atoms with E-state index in [0.717, 1.165) is 29.4 Å². The predicted octanol–water partition coefficient (Wildman–Crippen LogP) is 3.58. The second-order valence-corrected chi connectivity index (χ2v) is 13.9. The standard InChI is InChI=1S/C19H16N3O.C7H7O.Cd/c23-19-17(13-15-7-3-1-4-8-15)20-18-11-12-21(14-22(18)19)16-9-5-2-6-10-16;1-8-7-5-3-2-4-6-7;/h1-10H,12-14H2;3-6H,1H3;. The minimum absolute atomic E-state index is 0.0306. The number of nitrogens with zero attached hydrogens (tertiary/aromatic N) is 3. The van der Waals surface area contributed by atoms with Crippen LogP contribution in [0.15, 0.2) is 98.9 Å². The monoisotopic (exact) mass is 523 g/mol. The van der Waals surface area contributed by atoms with Crippen molar-refractivity contribution in [1.29, 1.82) is 0 Å². The number of benzene rings is 3. The molecule has 0 spiro atoms. The van der Waals surface area contributed by atoms with Crippen LogP contribution in [0.2, 0.25) is 0 Å². The third kappa shape index (κ3) is 4.34. The fourth-order valence-corrected chi connectivity index (χ4v) is 9.31. The van der Waals surface area contributed by atoms with Crippen LogP contribution in [-0.4, -0.2) is 36.8 Å². The molecule has 32 heavy (non-hydrogen) atoms. The second kappa shape index (κ2) is 9.28. The number of ether oxygens (including phenoxy) is 1.